The van der Waals surface area contributed by atoms with E-state index in [9.17, 15) is 0 Å². The van der Waals surface area contributed by atoms with Crippen LogP contribution in [0.5, 0.6) is 0 Å². The van der Waals surface area contributed by atoms with Crippen molar-refractivity contribution in [2.24, 2.45) is 4.99 Å². The summed E-state index contributed by atoms with van der Waals surface area (Å²) in [5, 5.41) is 8.53. The average Bonchev–Trinajstić information content (AvgIpc) is 2.50. The molecule has 0 aromatic heterocycles. The van der Waals surface area contributed by atoms with Gasteiger partial charge in [0.25, 0.3) is 0 Å². The molecule has 2 aromatic carbocycles. The van der Waals surface area contributed by atoms with E-state index in [2.05, 4.69) is 42.3 Å². The predicted octanol–water partition coefficient (Wildman–Crippen LogP) is 3.97. The fourth-order valence-corrected chi connectivity index (χ4v) is 2.21. The molecule has 0 aliphatic rings. The van der Waals surface area contributed by atoms with Crippen LogP contribution in [0.25, 0.3) is 11.1 Å². The van der Waals surface area contributed by atoms with Gasteiger partial charge < -0.3 is 5.73 Å². The fourth-order valence-electron chi connectivity index (χ4n) is 2.21. The van der Waals surface area contributed by atoms with Crippen LogP contribution in [0, 0.1) is 18.3 Å². The number of nitrogens with two attached hydrogens (primary N) is 1. The minimum Gasteiger partial charge on any atom is -0.399 e. The van der Waals surface area contributed by atoms with Gasteiger partial charge in [0.1, 0.15) is 0 Å². The van der Waals surface area contributed by atoms with Gasteiger partial charge in [0.15, 0.2) is 0 Å². The van der Waals surface area contributed by atoms with Gasteiger partial charge in [0.2, 0.25) is 0 Å². The molecular weight excluding hydrogens is 258 g/mol. The second-order valence-corrected chi connectivity index (χ2v) is 5.03. The van der Waals surface area contributed by atoms with E-state index in [1.807, 2.05) is 25.1 Å². The number of anilines is 1. The van der Waals surface area contributed by atoms with Crippen LogP contribution in [-0.2, 0) is 0 Å². The monoisotopic (exact) mass is 277 g/mol. The average molecular weight is 277 g/mol. The lowest BCUT2D eigenvalue weighted by atomic mass is 9.98. The van der Waals surface area contributed by atoms with E-state index in [-0.39, 0.29) is 0 Å². The molecular formula is C18H19N3. The number of aryl methyl sites for hydroxylation is 1. The maximum absolute atomic E-state index is 8.53. The molecule has 2 N–H and O–H groups in total. The van der Waals surface area contributed by atoms with Gasteiger partial charge in [0, 0.05) is 11.4 Å². The van der Waals surface area contributed by atoms with Crippen LogP contribution in [0.3, 0.4) is 0 Å². The van der Waals surface area contributed by atoms with Crippen LogP contribution in [0.15, 0.2) is 47.5 Å². The van der Waals surface area contributed by atoms with Crippen LogP contribution in [0.4, 0.5) is 5.69 Å². The Hall–Kier alpha value is -2.60. The lowest BCUT2D eigenvalue weighted by Crippen LogP contribution is -1.96. The van der Waals surface area contributed by atoms with Gasteiger partial charge in [-0.1, -0.05) is 30.3 Å². The zero-order valence-electron chi connectivity index (χ0n) is 12.4. The Balaban J connectivity index is 2.25. The molecule has 0 spiro atoms. The second-order valence-electron chi connectivity index (χ2n) is 5.03. The summed E-state index contributed by atoms with van der Waals surface area (Å²) in [5.41, 5.74) is 12.2. The van der Waals surface area contributed by atoms with Crippen molar-refractivity contribution in [1.82, 2.24) is 0 Å². The third kappa shape index (κ3) is 3.70. The molecule has 2 rings (SSSR count). The van der Waals surface area contributed by atoms with E-state index in [1.54, 1.807) is 0 Å². The first-order chi connectivity index (χ1) is 10.1. The normalized spacial score (nSPS) is 11.2. The highest BCUT2D eigenvalue weighted by molar-refractivity contribution is 5.99. The molecule has 0 aliphatic heterocycles. The molecule has 0 heterocycles. The van der Waals surface area contributed by atoms with Crippen molar-refractivity contribution in [3.63, 3.8) is 0 Å². The van der Waals surface area contributed by atoms with Crippen molar-refractivity contribution >= 4 is 11.4 Å². The molecule has 0 amide bonds. The summed E-state index contributed by atoms with van der Waals surface area (Å²) in [6.07, 6.45) is 0.456. The number of nitrogens with zero attached hydrogens (tertiary/aromatic N) is 2. The zero-order valence-corrected chi connectivity index (χ0v) is 12.4. The van der Waals surface area contributed by atoms with E-state index in [0.29, 0.717) is 13.0 Å². The number of rotatable bonds is 4. The second kappa shape index (κ2) is 6.71. The number of nitrogen functional groups attached to an aromatic ring is 1. The summed E-state index contributed by atoms with van der Waals surface area (Å²) in [7, 11) is 0. The van der Waals surface area contributed by atoms with E-state index >= 15 is 0 Å². The van der Waals surface area contributed by atoms with Crippen molar-refractivity contribution in [2.45, 2.75) is 20.3 Å². The number of aliphatic imine (C=N–C) groups is 1. The van der Waals surface area contributed by atoms with Crippen LogP contribution in [-0.4, -0.2) is 12.3 Å². The number of nitriles is 1. The lowest BCUT2D eigenvalue weighted by Gasteiger charge is -2.08. The summed E-state index contributed by atoms with van der Waals surface area (Å²) < 4.78 is 0. The molecule has 0 saturated carbocycles. The first-order valence-corrected chi connectivity index (χ1v) is 6.97. The topological polar surface area (TPSA) is 62.2 Å². The van der Waals surface area contributed by atoms with Crippen molar-refractivity contribution in [1.29, 1.82) is 5.26 Å². The Morgan fingerprint density at radius 3 is 2.57 bits per heavy atom. The number of hydrogen-bond donors (Lipinski definition) is 1. The van der Waals surface area contributed by atoms with Crippen LogP contribution in [0.1, 0.15) is 24.5 Å². The highest BCUT2D eigenvalue weighted by atomic mass is 14.7. The van der Waals surface area contributed by atoms with Crippen molar-refractivity contribution < 1.29 is 0 Å². The molecule has 2 aromatic rings. The molecule has 0 saturated heterocycles. The van der Waals surface area contributed by atoms with Gasteiger partial charge in [-0.25, -0.2) is 0 Å². The van der Waals surface area contributed by atoms with Gasteiger partial charge in [-0.2, -0.15) is 5.26 Å². The van der Waals surface area contributed by atoms with Gasteiger partial charge >= 0.3 is 0 Å². The molecule has 0 fully saturated rings. The van der Waals surface area contributed by atoms with Crippen LogP contribution < -0.4 is 5.73 Å². The highest BCUT2D eigenvalue weighted by Gasteiger charge is 2.04. The summed E-state index contributed by atoms with van der Waals surface area (Å²) >= 11 is 0. The minimum atomic E-state index is 0.456. The fraction of sp³-hybridized carbons (Fsp3) is 0.222. The number of hydrogen-bond acceptors (Lipinski definition) is 3. The van der Waals surface area contributed by atoms with Crippen LogP contribution in [0.2, 0.25) is 0 Å². The summed E-state index contributed by atoms with van der Waals surface area (Å²) in [6.45, 7) is 4.60. The van der Waals surface area contributed by atoms with Gasteiger partial charge in [-0.05, 0) is 48.2 Å². The van der Waals surface area contributed by atoms with E-state index in [4.69, 9.17) is 11.0 Å². The predicted molar refractivity (Wildman–Crippen MR) is 88.3 cm³/mol. The molecule has 0 unspecified atom stereocenters. The van der Waals surface area contributed by atoms with E-state index in [1.165, 1.54) is 5.56 Å². The molecule has 0 atom stereocenters. The molecule has 3 nitrogen and oxygen atoms in total. The lowest BCUT2D eigenvalue weighted by molar-refractivity contribution is 1.01. The Morgan fingerprint density at radius 1 is 1.19 bits per heavy atom. The van der Waals surface area contributed by atoms with E-state index in [0.717, 1.165) is 28.1 Å². The van der Waals surface area contributed by atoms with Gasteiger partial charge in [-0.3, -0.25) is 4.99 Å². The smallest absolute Gasteiger partial charge is 0.0641 e. The summed E-state index contributed by atoms with van der Waals surface area (Å²) in [4.78, 5) is 4.39. The highest BCUT2D eigenvalue weighted by Crippen LogP contribution is 2.25. The Kier molecular flexibility index (Phi) is 4.73. The third-order valence-corrected chi connectivity index (χ3v) is 3.45. The van der Waals surface area contributed by atoms with Gasteiger partial charge in [0.05, 0.1) is 19.0 Å². The molecule has 21 heavy (non-hydrogen) atoms. The maximum Gasteiger partial charge on any atom is 0.0641 e. The quantitative estimate of drug-likeness (QED) is 0.522. The Bertz CT molecular complexity index is 691. The molecule has 106 valence electrons. The van der Waals surface area contributed by atoms with E-state index < -0.39 is 0 Å². The SMILES string of the molecule is CC(=NCCC#N)c1ccc(-c2cc(N)ccc2C)cc1. The molecule has 0 aliphatic carbocycles. The first kappa shape index (κ1) is 14.8. The molecule has 0 radical (unpaired) electrons. The van der Waals surface area contributed by atoms with Gasteiger partial charge in [-0.15, -0.1) is 0 Å². The molecule has 3 heteroatoms. The van der Waals surface area contributed by atoms with Crippen molar-refractivity contribution in [3.8, 4) is 17.2 Å². The van der Waals surface area contributed by atoms with Crippen LogP contribution >= 0.6 is 0 Å². The third-order valence-electron chi connectivity index (χ3n) is 3.45. The summed E-state index contributed by atoms with van der Waals surface area (Å²) in [5.74, 6) is 0. The first-order valence-electron chi connectivity index (χ1n) is 6.97. The minimum absolute atomic E-state index is 0.456. The zero-order chi connectivity index (χ0) is 15.2. The number of benzene rings is 2. The summed E-state index contributed by atoms with van der Waals surface area (Å²) in [6, 6.07) is 16.3. The Morgan fingerprint density at radius 2 is 1.90 bits per heavy atom. The van der Waals surface area contributed by atoms with Crippen molar-refractivity contribution in [3.05, 3.63) is 53.6 Å². The molecule has 0 bridgehead atoms. The largest absolute Gasteiger partial charge is 0.399 e. The standard InChI is InChI=1S/C18H19N3/c1-13-4-9-17(20)12-18(13)16-7-5-15(6-8-16)14(2)21-11-3-10-19/h4-9,12H,3,11,20H2,1-2H3. The van der Waals surface area contributed by atoms with Crippen molar-refractivity contribution in [2.75, 3.05) is 12.3 Å². The Labute approximate surface area is 125 Å². The maximum atomic E-state index is 8.53.